The minimum absolute atomic E-state index is 0.408. The summed E-state index contributed by atoms with van der Waals surface area (Å²) in [6, 6.07) is 1.05. The van der Waals surface area contributed by atoms with E-state index in [-0.39, 0.29) is 0 Å². The molecule has 4 heterocycles. The summed E-state index contributed by atoms with van der Waals surface area (Å²) in [5.41, 5.74) is 1.68. The molecule has 0 aromatic carbocycles. The van der Waals surface area contributed by atoms with Crippen molar-refractivity contribution < 1.29 is 4.52 Å². The molecule has 1 fully saturated rings. The van der Waals surface area contributed by atoms with Gasteiger partial charge in [0.05, 0.1) is 10.7 Å². The number of aryl methyl sites for hydroxylation is 1. The van der Waals surface area contributed by atoms with E-state index in [0.29, 0.717) is 46.4 Å². The number of aromatic nitrogens is 4. The molecule has 2 atom stereocenters. The molecular formula is C22H35ClN6O. The van der Waals surface area contributed by atoms with Gasteiger partial charge in [-0.05, 0) is 65.8 Å². The van der Waals surface area contributed by atoms with Crippen LogP contribution in [-0.2, 0) is 13.1 Å². The Morgan fingerprint density at radius 3 is 2.40 bits per heavy atom. The molecule has 30 heavy (non-hydrogen) atoms. The predicted octanol–water partition coefficient (Wildman–Crippen LogP) is 4.25. The third kappa shape index (κ3) is 4.43. The summed E-state index contributed by atoms with van der Waals surface area (Å²) in [6.45, 7) is 16.2. The SMILES string of the molecule is Cc1noc(-c2nn3c(c2Cl)CN(C(C)C)CC(C2CCCCN(C(C)C)C2)C3)n1. The fourth-order valence-corrected chi connectivity index (χ4v) is 5.17. The van der Waals surface area contributed by atoms with Crippen LogP contribution in [0.2, 0.25) is 5.02 Å². The monoisotopic (exact) mass is 434 g/mol. The number of halogens is 1. The third-order valence-electron chi connectivity index (χ3n) is 6.82. The van der Waals surface area contributed by atoms with Gasteiger partial charge in [-0.2, -0.15) is 10.1 Å². The summed E-state index contributed by atoms with van der Waals surface area (Å²) >= 11 is 6.81. The maximum absolute atomic E-state index is 6.81. The second-order valence-corrected chi connectivity index (χ2v) is 9.94. The summed E-state index contributed by atoms with van der Waals surface area (Å²) < 4.78 is 7.49. The van der Waals surface area contributed by atoms with Gasteiger partial charge in [0.15, 0.2) is 11.5 Å². The van der Waals surface area contributed by atoms with Crippen LogP contribution in [0.5, 0.6) is 0 Å². The second-order valence-electron chi connectivity index (χ2n) is 9.57. The van der Waals surface area contributed by atoms with E-state index < -0.39 is 0 Å². The first-order valence-electron chi connectivity index (χ1n) is 11.4. The van der Waals surface area contributed by atoms with Gasteiger partial charge < -0.3 is 9.42 Å². The average Bonchev–Trinajstić information content (AvgIpc) is 3.06. The Morgan fingerprint density at radius 2 is 1.73 bits per heavy atom. The zero-order valence-corrected chi connectivity index (χ0v) is 19.7. The van der Waals surface area contributed by atoms with Crippen LogP contribution in [0.3, 0.4) is 0 Å². The molecule has 1 saturated heterocycles. The van der Waals surface area contributed by atoms with Crippen LogP contribution in [0.4, 0.5) is 0 Å². The smallest absolute Gasteiger partial charge is 0.279 e. The van der Waals surface area contributed by atoms with Crippen molar-refractivity contribution >= 4 is 11.6 Å². The van der Waals surface area contributed by atoms with Crippen LogP contribution in [-0.4, -0.2) is 61.4 Å². The van der Waals surface area contributed by atoms with Gasteiger partial charge >= 0.3 is 0 Å². The van der Waals surface area contributed by atoms with E-state index in [0.717, 1.165) is 25.3 Å². The largest absolute Gasteiger partial charge is 0.332 e. The normalized spacial score (nSPS) is 24.3. The summed E-state index contributed by atoms with van der Waals surface area (Å²) in [5, 5.41) is 9.42. The van der Waals surface area contributed by atoms with Gasteiger partial charge in [0.2, 0.25) is 0 Å². The van der Waals surface area contributed by atoms with E-state index in [1.165, 1.54) is 32.4 Å². The van der Waals surface area contributed by atoms with Gasteiger partial charge in [0, 0.05) is 38.3 Å². The van der Waals surface area contributed by atoms with Crippen LogP contribution in [0.25, 0.3) is 11.6 Å². The summed E-state index contributed by atoms with van der Waals surface area (Å²) in [6.07, 6.45) is 3.90. The van der Waals surface area contributed by atoms with Gasteiger partial charge in [0.1, 0.15) is 0 Å². The molecule has 166 valence electrons. The van der Waals surface area contributed by atoms with Gasteiger partial charge in [-0.15, -0.1) is 0 Å². The Morgan fingerprint density at radius 1 is 1.00 bits per heavy atom. The van der Waals surface area contributed by atoms with E-state index in [2.05, 4.69) is 52.3 Å². The van der Waals surface area contributed by atoms with Crippen molar-refractivity contribution in [2.45, 2.75) is 79.1 Å². The molecule has 0 aliphatic carbocycles. The maximum atomic E-state index is 6.81. The van der Waals surface area contributed by atoms with Crippen molar-refractivity contribution in [1.29, 1.82) is 0 Å². The topological polar surface area (TPSA) is 63.2 Å². The first-order valence-corrected chi connectivity index (χ1v) is 11.7. The number of likely N-dealkylation sites (tertiary alicyclic amines) is 1. The lowest BCUT2D eigenvalue weighted by molar-refractivity contribution is 0.119. The molecule has 2 unspecified atom stereocenters. The molecular weight excluding hydrogens is 400 g/mol. The molecule has 0 amide bonds. The lowest BCUT2D eigenvalue weighted by Gasteiger charge is -2.34. The van der Waals surface area contributed by atoms with Crippen LogP contribution >= 0.6 is 11.6 Å². The van der Waals surface area contributed by atoms with E-state index in [1.807, 2.05) is 6.92 Å². The Balaban J connectivity index is 1.66. The standard InChI is InChI=1S/C22H35ClN6O/c1-14(2)27-9-7-6-8-17(10-27)18-11-28(15(3)4)13-19-20(23)21(25-29(19)12-18)22-24-16(5)26-30-22/h14-15,17-18H,6-13H2,1-5H3. The molecule has 4 rings (SSSR count). The minimum Gasteiger partial charge on any atom is -0.332 e. The van der Waals surface area contributed by atoms with Crippen LogP contribution in [0.1, 0.15) is 58.5 Å². The van der Waals surface area contributed by atoms with E-state index in [4.69, 9.17) is 21.2 Å². The zero-order chi connectivity index (χ0) is 21.4. The summed E-state index contributed by atoms with van der Waals surface area (Å²) in [7, 11) is 0. The average molecular weight is 435 g/mol. The molecule has 2 aromatic heterocycles. The molecule has 8 heteroatoms. The lowest BCUT2D eigenvalue weighted by Crippen LogP contribution is -2.41. The maximum Gasteiger partial charge on any atom is 0.279 e. The fourth-order valence-electron chi connectivity index (χ4n) is 4.90. The van der Waals surface area contributed by atoms with Crippen LogP contribution < -0.4 is 0 Å². The van der Waals surface area contributed by atoms with Gasteiger partial charge in [-0.3, -0.25) is 9.58 Å². The van der Waals surface area contributed by atoms with Crippen LogP contribution in [0, 0.1) is 18.8 Å². The Hall–Kier alpha value is -1.44. The van der Waals surface area contributed by atoms with E-state index in [9.17, 15) is 0 Å². The molecule has 2 aliphatic rings. The molecule has 7 nitrogen and oxygen atoms in total. The summed E-state index contributed by atoms with van der Waals surface area (Å²) in [5.74, 6) is 2.21. The van der Waals surface area contributed by atoms with Gasteiger partial charge in [0.25, 0.3) is 5.89 Å². The molecule has 0 bridgehead atoms. The highest BCUT2D eigenvalue weighted by Crippen LogP contribution is 2.35. The van der Waals surface area contributed by atoms with Gasteiger partial charge in [-0.1, -0.05) is 23.2 Å². The fraction of sp³-hybridized carbons (Fsp3) is 0.773. The van der Waals surface area contributed by atoms with Crippen molar-refractivity contribution in [3.05, 3.63) is 16.5 Å². The molecule has 2 aliphatic heterocycles. The Kier molecular flexibility index (Phi) is 6.51. The number of hydrogen-bond acceptors (Lipinski definition) is 6. The van der Waals surface area contributed by atoms with Crippen LogP contribution in [0.15, 0.2) is 4.52 Å². The third-order valence-corrected chi connectivity index (χ3v) is 7.22. The molecule has 0 spiro atoms. The quantitative estimate of drug-likeness (QED) is 0.716. The zero-order valence-electron chi connectivity index (χ0n) is 18.9. The van der Waals surface area contributed by atoms with Crippen molar-refractivity contribution in [2.75, 3.05) is 19.6 Å². The van der Waals surface area contributed by atoms with E-state index in [1.54, 1.807) is 0 Å². The highest BCUT2D eigenvalue weighted by atomic mass is 35.5. The number of hydrogen-bond donors (Lipinski definition) is 0. The summed E-state index contributed by atoms with van der Waals surface area (Å²) in [4.78, 5) is 9.56. The molecule has 0 radical (unpaired) electrons. The second kappa shape index (κ2) is 8.97. The highest BCUT2D eigenvalue weighted by Gasteiger charge is 2.34. The number of fused-ring (bicyclic) bond motifs is 1. The number of rotatable bonds is 4. The minimum atomic E-state index is 0.408. The van der Waals surface area contributed by atoms with Gasteiger partial charge in [-0.25, -0.2) is 0 Å². The lowest BCUT2D eigenvalue weighted by atomic mass is 9.87. The molecule has 0 saturated carbocycles. The van der Waals surface area contributed by atoms with Crippen molar-refractivity contribution in [3.63, 3.8) is 0 Å². The first kappa shape index (κ1) is 21.8. The highest BCUT2D eigenvalue weighted by molar-refractivity contribution is 6.33. The Bertz CT molecular complexity index is 860. The number of nitrogens with zero attached hydrogens (tertiary/aromatic N) is 6. The Labute approximate surface area is 184 Å². The molecule has 0 N–H and O–H groups in total. The van der Waals surface area contributed by atoms with Crippen molar-refractivity contribution in [1.82, 2.24) is 29.7 Å². The first-order chi connectivity index (χ1) is 14.3. The van der Waals surface area contributed by atoms with Crippen molar-refractivity contribution in [2.24, 2.45) is 11.8 Å². The van der Waals surface area contributed by atoms with E-state index >= 15 is 0 Å². The molecule has 2 aromatic rings. The predicted molar refractivity (Wildman–Crippen MR) is 118 cm³/mol. The van der Waals surface area contributed by atoms with Crippen molar-refractivity contribution in [3.8, 4) is 11.6 Å².